The first-order chi connectivity index (χ1) is 6.92. The molecule has 0 saturated heterocycles. The summed E-state index contributed by atoms with van der Waals surface area (Å²) in [4.78, 5) is 0. The molecule has 2 aromatic carbocycles. The lowest BCUT2D eigenvalue weighted by atomic mass is 10.1. The average Bonchev–Trinajstić information content (AvgIpc) is 2.26. The minimum Gasteiger partial charge on any atom is -0.412 e. The van der Waals surface area contributed by atoms with Gasteiger partial charge in [-0.15, -0.1) is 0 Å². The van der Waals surface area contributed by atoms with E-state index in [0.29, 0.717) is 6.54 Å². The average molecular weight is 204 g/mol. The Morgan fingerprint density at radius 2 is 1.73 bits per heavy atom. The fourth-order valence-electron chi connectivity index (χ4n) is 1.59. The van der Waals surface area contributed by atoms with E-state index in [9.17, 15) is 0 Å². The second-order valence-electron chi connectivity index (χ2n) is 3.24. The monoisotopic (exact) mass is 204 g/mol. The summed E-state index contributed by atoms with van der Waals surface area (Å²) in [6.45, 7) is 1.47. The Hall–Kier alpha value is -1.58. The van der Waals surface area contributed by atoms with Crippen molar-refractivity contribution < 1.29 is 5.48 Å². The van der Waals surface area contributed by atoms with Crippen LogP contribution in [0.3, 0.4) is 0 Å². The third kappa shape index (κ3) is 2.46. The van der Waals surface area contributed by atoms with Gasteiger partial charge < -0.3 is 16.5 Å². The number of fused-ring (bicyclic) bond motifs is 1. The van der Waals surface area contributed by atoms with Crippen molar-refractivity contribution in [1.29, 1.82) is 0 Å². The zero-order valence-electron chi connectivity index (χ0n) is 8.53. The molecule has 0 fully saturated rings. The Morgan fingerprint density at radius 3 is 2.53 bits per heavy atom. The quantitative estimate of drug-likeness (QED) is 0.793. The number of hydrogen-bond acceptors (Lipinski definition) is 2. The van der Waals surface area contributed by atoms with Gasteiger partial charge in [-0.25, -0.2) is 0 Å². The first-order valence-corrected chi connectivity index (χ1v) is 4.83. The van der Waals surface area contributed by atoms with Gasteiger partial charge in [0.25, 0.3) is 0 Å². The molecule has 0 heterocycles. The van der Waals surface area contributed by atoms with Crippen LogP contribution in [0.2, 0.25) is 0 Å². The molecule has 3 heteroatoms. The van der Waals surface area contributed by atoms with Crippen molar-refractivity contribution in [2.45, 2.75) is 0 Å². The number of hydrogen-bond donors (Lipinski definition) is 2. The maximum absolute atomic E-state index is 5.46. The molecule has 0 bridgehead atoms. The molecule has 0 atom stereocenters. The van der Waals surface area contributed by atoms with Crippen molar-refractivity contribution in [2.24, 2.45) is 5.73 Å². The molecule has 2 rings (SSSR count). The van der Waals surface area contributed by atoms with Gasteiger partial charge in [0.05, 0.1) is 0 Å². The molecule has 80 valence electrons. The van der Waals surface area contributed by atoms with Gasteiger partial charge >= 0.3 is 0 Å². The molecule has 0 aromatic heterocycles. The molecule has 2 aromatic rings. The van der Waals surface area contributed by atoms with Crippen LogP contribution in [0.4, 0.5) is 5.69 Å². The molecule has 15 heavy (non-hydrogen) atoms. The van der Waals surface area contributed by atoms with E-state index >= 15 is 0 Å². The second-order valence-corrected chi connectivity index (χ2v) is 3.24. The van der Waals surface area contributed by atoms with Crippen molar-refractivity contribution in [3.8, 4) is 0 Å². The summed E-state index contributed by atoms with van der Waals surface area (Å²) in [6.07, 6.45) is 0. The van der Waals surface area contributed by atoms with Crippen LogP contribution in [-0.2, 0) is 0 Å². The minimum absolute atomic E-state index is 0. The molecule has 0 spiro atoms. The zero-order valence-corrected chi connectivity index (χ0v) is 8.53. The molecule has 0 saturated carbocycles. The normalized spacial score (nSPS) is 9.67. The van der Waals surface area contributed by atoms with Crippen LogP contribution in [0, 0.1) is 0 Å². The van der Waals surface area contributed by atoms with Crippen LogP contribution >= 0.6 is 0 Å². The number of rotatable bonds is 3. The fraction of sp³-hybridized carbons (Fsp3) is 0.167. The Labute approximate surface area is 89.2 Å². The molecule has 0 amide bonds. The van der Waals surface area contributed by atoms with Gasteiger partial charge in [-0.3, -0.25) is 0 Å². The van der Waals surface area contributed by atoms with Crippen LogP contribution in [-0.4, -0.2) is 18.6 Å². The topological polar surface area (TPSA) is 69.5 Å². The summed E-state index contributed by atoms with van der Waals surface area (Å²) in [5.74, 6) is 0. The number of anilines is 1. The predicted octanol–water partition coefficient (Wildman–Crippen LogP) is 1.39. The Morgan fingerprint density at radius 1 is 1.00 bits per heavy atom. The number of nitrogens with one attached hydrogen (secondary N) is 1. The number of nitrogens with two attached hydrogens (primary N) is 1. The Kier molecular flexibility index (Phi) is 4.09. The molecular formula is C12H16N2O. The van der Waals surface area contributed by atoms with Gasteiger partial charge in [-0.2, -0.15) is 0 Å². The minimum atomic E-state index is 0. The lowest BCUT2D eigenvalue weighted by Gasteiger charge is -2.08. The van der Waals surface area contributed by atoms with Crippen molar-refractivity contribution in [2.75, 3.05) is 18.4 Å². The third-order valence-corrected chi connectivity index (χ3v) is 2.25. The van der Waals surface area contributed by atoms with E-state index in [4.69, 9.17) is 5.73 Å². The highest BCUT2D eigenvalue weighted by Gasteiger charge is 1.97. The summed E-state index contributed by atoms with van der Waals surface area (Å²) in [7, 11) is 0. The lowest BCUT2D eigenvalue weighted by Crippen LogP contribution is -2.13. The van der Waals surface area contributed by atoms with E-state index in [2.05, 4.69) is 47.8 Å². The summed E-state index contributed by atoms with van der Waals surface area (Å²) in [5, 5.41) is 5.82. The highest BCUT2D eigenvalue weighted by molar-refractivity contribution is 5.93. The fourth-order valence-corrected chi connectivity index (χ4v) is 1.59. The van der Waals surface area contributed by atoms with Crippen molar-refractivity contribution in [1.82, 2.24) is 0 Å². The smallest absolute Gasteiger partial charge is 0.0420 e. The summed E-state index contributed by atoms with van der Waals surface area (Å²) < 4.78 is 0. The molecule has 3 nitrogen and oxygen atoms in total. The third-order valence-electron chi connectivity index (χ3n) is 2.25. The molecule has 0 aliphatic heterocycles. The lowest BCUT2D eigenvalue weighted by molar-refractivity contribution is 0.824. The molecule has 5 N–H and O–H groups in total. The second kappa shape index (κ2) is 5.34. The van der Waals surface area contributed by atoms with Crippen molar-refractivity contribution in [3.63, 3.8) is 0 Å². The molecule has 0 aliphatic rings. The van der Waals surface area contributed by atoms with Crippen LogP contribution < -0.4 is 11.1 Å². The summed E-state index contributed by atoms with van der Waals surface area (Å²) in [6, 6.07) is 14.6. The van der Waals surface area contributed by atoms with E-state index in [0.717, 1.165) is 12.2 Å². The van der Waals surface area contributed by atoms with E-state index in [1.54, 1.807) is 0 Å². The Balaban J connectivity index is 0.00000112. The van der Waals surface area contributed by atoms with Gasteiger partial charge in [-0.05, 0) is 11.5 Å². The van der Waals surface area contributed by atoms with Gasteiger partial charge in [-0.1, -0.05) is 36.4 Å². The van der Waals surface area contributed by atoms with Crippen molar-refractivity contribution >= 4 is 16.5 Å². The van der Waals surface area contributed by atoms with Gasteiger partial charge in [0.1, 0.15) is 0 Å². The van der Waals surface area contributed by atoms with Crippen LogP contribution in [0.5, 0.6) is 0 Å². The Bertz CT molecular complexity index is 423. The SMILES string of the molecule is NCCNc1cccc2ccccc12.O. The standard InChI is InChI=1S/C12H14N2.H2O/c13-8-9-14-12-7-3-5-10-4-1-2-6-11(10)12;/h1-7,14H,8-9,13H2;1H2. The van der Waals surface area contributed by atoms with Gasteiger partial charge in [0.2, 0.25) is 0 Å². The van der Waals surface area contributed by atoms with E-state index < -0.39 is 0 Å². The van der Waals surface area contributed by atoms with E-state index in [1.165, 1.54) is 10.8 Å². The van der Waals surface area contributed by atoms with Crippen LogP contribution in [0.25, 0.3) is 10.8 Å². The van der Waals surface area contributed by atoms with Crippen LogP contribution in [0.15, 0.2) is 42.5 Å². The maximum atomic E-state index is 5.46. The van der Waals surface area contributed by atoms with Crippen LogP contribution in [0.1, 0.15) is 0 Å². The predicted molar refractivity (Wildman–Crippen MR) is 65.1 cm³/mol. The van der Waals surface area contributed by atoms with Gasteiger partial charge in [0, 0.05) is 24.2 Å². The highest BCUT2D eigenvalue weighted by atomic mass is 16.0. The molecule has 0 unspecified atom stereocenters. The van der Waals surface area contributed by atoms with Gasteiger partial charge in [0.15, 0.2) is 0 Å². The summed E-state index contributed by atoms with van der Waals surface area (Å²) >= 11 is 0. The molecular weight excluding hydrogens is 188 g/mol. The highest BCUT2D eigenvalue weighted by Crippen LogP contribution is 2.22. The zero-order chi connectivity index (χ0) is 9.80. The molecule has 0 aliphatic carbocycles. The maximum Gasteiger partial charge on any atom is 0.0420 e. The van der Waals surface area contributed by atoms with E-state index in [-0.39, 0.29) is 5.48 Å². The first-order valence-electron chi connectivity index (χ1n) is 4.83. The van der Waals surface area contributed by atoms with E-state index in [1.807, 2.05) is 0 Å². The molecule has 0 radical (unpaired) electrons. The largest absolute Gasteiger partial charge is 0.412 e. The number of benzene rings is 2. The van der Waals surface area contributed by atoms with Crippen molar-refractivity contribution in [3.05, 3.63) is 42.5 Å². The first kappa shape index (κ1) is 11.5. The summed E-state index contributed by atoms with van der Waals surface area (Å²) in [5.41, 5.74) is 6.62.